The first kappa shape index (κ1) is 19.7. The Morgan fingerprint density at radius 1 is 1.04 bits per heavy atom. The lowest BCUT2D eigenvalue weighted by Crippen LogP contribution is -2.48. The van der Waals surface area contributed by atoms with E-state index in [1.165, 1.54) is 5.56 Å². The van der Waals surface area contributed by atoms with Crippen molar-refractivity contribution >= 4 is 11.8 Å². The predicted octanol–water partition coefficient (Wildman–Crippen LogP) is 3.40. The molecule has 0 aliphatic carbocycles. The van der Waals surface area contributed by atoms with E-state index in [1.54, 1.807) is 11.9 Å². The first-order chi connectivity index (χ1) is 12.5. The molecule has 2 aromatic rings. The second-order valence-electron chi connectivity index (χ2n) is 6.65. The van der Waals surface area contributed by atoms with Crippen LogP contribution in [0.4, 0.5) is 0 Å². The maximum Gasteiger partial charge on any atom is 0.242 e. The number of nitrogens with zero attached hydrogens (tertiary/aromatic N) is 1. The van der Waals surface area contributed by atoms with Crippen LogP contribution < -0.4 is 5.32 Å². The lowest BCUT2D eigenvalue weighted by molar-refractivity contribution is -0.140. The lowest BCUT2D eigenvalue weighted by Gasteiger charge is -2.30. The normalized spacial score (nSPS) is 11.7. The number of amides is 2. The van der Waals surface area contributed by atoms with Crippen molar-refractivity contribution in [1.29, 1.82) is 0 Å². The number of hydrogen-bond acceptors (Lipinski definition) is 2. The molecule has 0 aliphatic heterocycles. The van der Waals surface area contributed by atoms with Gasteiger partial charge in [-0.05, 0) is 37.0 Å². The van der Waals surface area contributed by atoms with Crippen LogP contribution >= 0.6 is 0 Å². The quantitative estimate of drug-likeness (QED) is 0.830. The predicted molar refractivity (Wildman–Crippen MR) is 105 cm³/mol. The Balaban J connectivity index is 2.29. The molecule has 4 nitrogen and oxygen atoms in total. The fourth-order valence-corrected chi connectivity index (χ4v) is 3.05. The van der Waals surface area contributed by atoms with Crippen LogP contribution in [0.3, 0.4) is 0 Å². The average Bonchev–Trinajstić information content (AvgIpc) is 2.64. The molecule has 0 heterocycles. The maximum absolute atomic E-state index is 13.1. The number of nitrogens with one attached hydrogen (secondary N) is 1. The summed E-state index contributed by atoms with van der Waals surface area (Å²) in [4.78, 5) is 27.2. The molecule has 2 amide bonds. The van der Waals surface area contributed by atoms with Crippen LogP contribution in [0.15, 0.2) is 48.5 Å². The number of carbonyl (C=O) groups excluding carboxylic acids is 2. The van der Waals surface area contributed by atoms with Crippen LogP contribution in [0.25, 0.3) is 0 Å². The van der Waals surface area contributed by atoms with E-state index in [0.717, 1.165) is 16.7 Å². The number of rotatable bonds is 7. The largest absolute Gasteiger partial charge is 0.357 e. The van der Waals surface area contributed by atoms with Crippen molar-refractivity contribution in [3.8, 4) is 0 Å². The van der Waals surface area contributed by atoms with Crippen LogP contribution in [0.1, 0.15) is 35.6 Å². The zero-order valence-electron chi connectivity index (χ0n) is 16.1. The van der Waals surface area contributed by atoms with Gasteiger partial charge in [0.25, 0.3) is 0 Å². The summed E-state index contributed by atoms with van der Waals surface area (Å²) in [6.45, 7) is 6.40. The SMILES string of the molecule is CC[C@@H](C(=O)NC)N(Cc1ccc(C)cc1)C(=O)Cc1ccccc1C. The Morgan fingerprint density at radius 2 is 1.69 bits per heavy atom. The van der Waals surface area contributed by atoms with Crippen molar-refractivity contribution in [3.05, 3.63) is 70.8 Å². The average molecular weight is 352 g/mol. The van der Waals surface area contributed by atoms with Gasteiger partial charge in [0.05, 0.1) is 6.42 Å². The molecule has 0 saturated carbocycles. The first-order valence-corrected chi connectivity index (χ1v) is 9.07. The number of aryl methyl sites for hydroxylation is 2. The van der Waals surface area contributed by atoms with E-state index in [2.05, 4.69) is 5.32 Å². The van der Waals surface area contributed by atoms with Gasteiger partial charge in [0.15, 0.2) is 0 Å². The minimum atomic E-state index is -0.474. The third kappa shape index (κ3) is 4.94. The summed E-state index contributed by atoms with van der Waals surface area (Å²) < 4.78 is 0. The smallest absolute Gasteiger partial charge is 0.242 e. The monoisotopic (exact) mass is 352 g/mol. The van der Waals surface area contributed by atoms with Gasteiger partial charge in [-0.15, -0.1) is 0 Å². The van der Waals surface area contributed by atoms with Crippen molar-refractivity contribution in [2.75, 3.05) is 7.05 Å². The van der Waals surface area contributed by atoms with E-state index in [-0.39, 0.29) is 11.8 Å². The molecule has 0 bridgehead atoms. The fraction of sp³-hybridized carbons (Fsp3) is 0.364. The van der Waals surface area contributed by atoms with Gasteiger partial charge in [-0.3, -0.25) is 9.59 Å². The van der Waals surface area contributed by atoms with Crippen LogP contribution in [0.2, 0.25) is 0 Å². The summed E-state index contributed by atoms with van der Waals surface area (Å²) in [6, 6.07) is 15.5. The summed E-state index contributed by atoms with van der Waals surface area (Å²) >= 11 is 0. The Hall–Kier alpha value is -2.62. The van der Waals surface area contributed by atoms with Crippen LogP contribution in [-0.2, 0) is 22.6 Å². The molecule has 1 atom stereocenters. The van der Waals surface area contributed by atoms with E-state index in [9.17, 15) is 9.59 Å². The van der Waals surface area contributed by atoms with Gasteiger partial charge in [0.1, 0.15) is 6.04 Å². The van der Waals surface area contributed by atoms with Crippen LogP contribution in [0, 0.1) is 13.8 Å². The zero-order chi connectivity index (χ0) is 19.1. The Morgan fingerprint density at radius 3 is 2.27 bits per heavy atom. The summed E-state index contributed by atoms with van der Waals surface area (Å²) in [5.74, 6) is -0.159. The molecule has 4 heteroatoms. The molecule has 1 N–H and O–H groups in total. The number of hydrogen-bond donors (Lipinski definition) is 1. The second kappa shape index (κ2) is 9.18. The highest BCUT2D eigenvalue weighted by molar-refractivity contribution is 5.88. The van der Waals surface area contributed by atoms with Gasteiger partial charge in [-0.2, -0.15) is 0 Å². The highest BCUT2D eigenvalue weighted by atomic mass is 16.2. The van der Waals surface area contributed by atoms with Gasteiger partial charge in [-0.1, -0.05) is 61.0 Å². The molecule has 2 aromatic carbocycles. The number of likely N-dealkylation sites (N-methyl/N-ethyl adjacent to an activating group) is 1. The Kier molecular flexibility index (Phi) is 6.96. The molecular weight excluding hydrogens is 324 g/mol. The summed E-state index contributed by atoms with van der Waals surface area (Å²) in [7, 11) is 1.61. The Labute approximate surface area is 156 Å². The Bertz CT molecular complexity index is 753. The topological polar surface area (TPSA) is 49.4 Å². The lowest BCUT2D eigenvalue weighted by atomic mass is 10.0. The minimum absolute atomic E-state index is 0.0321. The summed E-state index contributed by atoms with van der Waals surface area (Å²) in [5.41, 5.74) is 4.28. The number of benzene rings is 2. The third-order valence-corrected chi connectivity index (χ3v) is 4.71. The third-order valence-electron chi connectivity index (χ3n) is 4.71. The van der Waals surface area contributed by atoms with Gasteiger partial charge < -0.3 is 10.2 Å². The van der Waals surface area contributed by atoms with Crippen molar-refractivity contribution in [1.82, 2.24) is 10.2 Å². The van der Waals surface area contributed by atoms with Crippen molar-refractivity contribution < 1.29 is 9.59 Å². The zero-order valence-corrected chi connectivity index (χ0v) is 16.1. The first-order valence-electron chi connectivity index (χ1n) is 9.07. The second-order valence-corrected chi connectivity index (χ2v) is 6.65. The molecule has 0 aromatic heterocycles. The van der Waals surface area contributed by atoms with Crippen molar-refractivity contribution in [2.24, 2.45) is 0 Å². The van der Waals surface area contributed by atoms with E-state index in [4.69, 9.17) is 0 Å². The molecule has 2 rings (SSSR count). The molecule has 0 fully saturated rings. The maximum atomic E-state index is 13.1. The van der Waals surface area contributed by atoms with Gasteiger partial charge in [0.2, 0.25) is 11.8 Å². The molecule has 138 valence electrons. The highest BCUT2D eigenvalue weighted by Gasteiger charge is 2.28. The summed E-state index contributed by atoms with van der Waals surface area (Å²) in [5, 5.41) is 2.69. The molecule has 26 heavy (non-hydrogen) atoms. The van der Waals surface area contributed by atoms with Gasteiger partial charge >= 0.3 is 0 Å². The van der Waals surface area contributed by atoms with Crippen LogP contribution in [0.5, 0.6) is 0 Å². The van der Waals surface area contributed by atoms with Gasteiger partial charge in [-0.25, -0.2) is 0 Å². The van der Waals surface area contributed by atoms with Crippen LogP contribution in [-0.4, -0.2) is 29.8 Å². The molecule has 0 radical (unpaired) electrons. The molecule has 0 saturated heterocycles. The van der Waals surface area contributed by atoms with Crippen molar-refractivity contribution in [3.63, 3.8) is 0 Å². The van der Waals surface area contributed by atoms with Gasteiger partial charge in [0, 0.05) is 13.6 Å². The standard InChI is InChI=1S/C22H28N2O2/c1-5-20(22(26)23-4)24(15-18-12-10-16(2)11-13-18)21(25)14-19-9-7-6-8-17(19)3/h6-13,20H,5,14-15H2,1-4H3,(H,23,26)/t20-/m0/s1. The highest BCUT2D eigenvalue weighted by Crippen LogP contribution is 2.16. The van der Waals surface area contributed by atoms with E-state index < -0.39 is 6.04 Å². The summed E-state index contributed by atoms with van der Waals surface area (Å²) in [6.07, 6.45) is 0.872. The minimum Gasteiger partial charge on any atom is -0.357 e. The molecular formula is C22H28N2O2. The van der Waals surface area contributed by atoms with E-state index in [1.807, 2.05) is 69.3 Å². The number of carbonyl (C=O) groups is 2. The molecule has 0 spiro atoms. The van der Waals surface area contributed by atoms with E-state index in [0.29, 0.717) is 19.4 Å². The van der Waals surface area contributed by atoms with Crippen molar-refractivity contribution in [2.45, 2.75) is 46.2 Å². The fourth-order valence-electron chi connectivity index (χ4n) is 3.05. The molecule has 0 aliphatic rings. The molecule has 0 unspecified atom stereocenters. The van der Waals surface area contributed by atoms with E-state index >= 15 is 0 Å².